The maximum Gasteiger partial charge on any atom is 0.338 e. The number of methoxy groups -OCH3 is 2. The fraction of sp³-hybridized carbons (Fsp3) is 0.450. The van der Waals surface area contributed by atoms with Gasteiger partial charge in [0.15, 0.2) is 11.5 Å². The van der Waals surface area contributed by atoms with Gasteiger partial charge in [0.2, 0.25) is 5.75 Å². The van der Waals surface area contributed by atoms with Gasteiger partial charge in [0.1, 0.15) is 0 Å². The van der Waals surface area contributed by atoms with Gasteiger partial charge in [-0.25, -0.2) is 0 Å². The van der Waals surface area contributed by atoms with Crippen molar-refractivity contribution < 1.29 is 28.2 Å². The molecule has 1 heterocycles. The van der Waals surface area contributed by atoms with Crippen LogP contribution in [0.2, 0.25) is 0 Å². The highest BCUT2D eigenvalue weighted by Crippen LogP contribution is 2.62. The summed E-state index contributed by atoms with van der Waals surface area (Å²) < 4.78 is 35.3. The van der Waals surface area contributed by atoms with E-state index in [2.05, 4.69) is 4.98 Å². The Morgan fingerprint density at radius 2 is 1.64 bits per heavy atom. The Kier molecular flexibility index (Phi) is 7.87. The van der Waals surface area contributed by atoms with Crippen molar-refractivity contribution in [1.82, 2.24) is 4.98 Å². The van der Waals surface area contributed by atoms with E-state index < -0.39 is 13.3 Å². The number of aryl methyl sites for hydroxylation is 1. The third-order valence-electron chi connectivity index (χ3n) is 4.29. The third kappa shape index (κ3) is 5.04. The molecule has 0 aliphatic heterocycles. The summed E-state index contributed by atoms with van der Waals surface area (Å²) in [5.74, 6) is 0.468. The lowest BCUT2D eigenvalue weighted by atomic mass is 10.0. The van der Waals surface area contributed by atoms with E-state index in [0.29, 0.717) is 6.42 Å². The average molecular weight is 409 g/mol. The summed E-state index contributed by atoms with van der Waals surface area (Å²) in [5.41, 5.74) is 1.80. The first-order valence-electron chi connectivity index (χ1n) is 9.13. The van der Waals surface area contributed by atoms with Gasteiger partial charge < -0.3 is 23.6 Å². The van der Waals surface area contributed by atoms with Crippen molar-refractivity contribution in [1.29, 1.82) is 0 Å². The number of rotatable bonds is 10. The lowest BCUT2D eigenvalue weighted by Crippen LogP contribution is -2.10. The first-order valence-corrected chi connectivity index (χ1v) is 10.7. The van der Waals surface area contributed by atoms with Crippen LogP contribution in [0.4, 0.5) is 0 Å². The molecular weight excluding hydrogens is 381 g/mol. The quantitative estimate of drug-likeness (QED) is 0.571. The van der Waals surface area contributed by atoms with Crippen LogP contribution in [-0.2, 0) is 20.0 Å². The van der Waals surface area contributed by atoms with Crippen LogP contribution in [0.25, 0.3) is 0 Å². The summed E-state index contributed by atoms with van der Waals surface area (Å²) in [6, 6.07) is 7.12. The monoisotopic (exact) mass is 409 g/mol. The molecule has 0 saturated carbocycles. The van der Waals surface area contributed by atoms with Gasteiger partial charge in [-0.1, -0.05) is 6.07 Å². The summed E-state index contributed by atoms with van der Waals surface area (Å²) in [6.07, 6.45) is 2.02. The number of hydrogen-bond donors (Lipinski definition) is 1. The molecule has 2 rings (SSSR count). The topological polar surface area (TPSA) is 87.1 Å². The van der Waals surface area contributed by atoms with E-state index >= 15 is 0 Å². The van der Waals surface area contributed by atoms with Crippen molar-refractivity contribution in [2.75, 3.05) is 27.4 Å². The molecule has 0 radical (unpaired) electrons. The highest BCUT2D eigenvalue weighted by molar-refractivity contribution is 7.54. The second kappa shape index (κ2) is 9.92. The number of hydrogen-bond acceptors (Lipinski definition) is 7. The van der Waals surface area contributed by atoms with Gasteiger partial charge in [-0.15, -0.1) is 0 Å². The minimum atomic E-state index is -3.48. The predicted molar refractivity (Wildman–Crippen MR) is 107 cm³/mol. The van der Waals surface area contributed by atoms with Crippen LogP contribution in [0.1, 0.15) is 36.3 Å². The summed E-state index contributed by atoms with van der Waals surface area (Å²) in [4.78, 5) is 4.34. The number of aromatic hydroxyl groups is 1. The smallest absolute Gasteiger partial charge is 0.338 e. The van der Waals surface area contributed by atoms with E-state index in [9.17, 15) is 9.67 Å². The molecule has 1 unspecified atom stereocenters. The van der Waals surface area contributed by atoms with E-state index in [1.807, 2.05) is 19.1 Å². The molecule has 1 N–H and O–H groups in total. The Morgan fingerprint density at radius 1 is 1.07 bits per heavy atom. The molecule has 0 saturated heterocycles. The third-order valence-corrected chi connectivity index (χ3v) is 6.77. The van der Waals surface area contributed by atoms with Crippen molar-refractivity contribution in [3.05, 3.63) is 47.3 Å². The summed E-state index contributed by atoms with van der Waals surface area (Å²) in [7, 11) is -0.549. The molecule has 0 amide bonds. The molecule has 0 bridgehead atoms. The highest BCUT2D eigenvalue weighted by atomic mass is 31.2. The molecule has 8 heteroatoms. The Bertz CT molecular complexity index is 789. The zero-order valence-electron chi connectivity index (χ0n) is 17.0. The minimum absolute atomic E-state index is 0.0832. The Labute approximate surface area is 166 Å². The second-order valence-electron chi connectivity index (χ2n) is 6.18. The fourth-order valence-electron chi connectivity index (χ4n) is 2.95. The van der Waals surface area contributed by atoms with Crippen LogP contribution in [-0.4, -0.2) is 37.5 Å². The number of pyridine rings is 1. The number of phenols is 1. The van der Waals surface area contributed by atoms with Crippen LogP contribution < -0.4 is 9.47 Å². The number of ether oxygens (including phenoxy) is 2. The van der Waals surface area contributed by atoms with Gasteiger partial charge in [-0.05, 0) is 56.5 Å². The van der Waals surface area contributed by atoms with Crippen LogP contribution >= 0.6 is 7.60 Å². The normalized spacial score (nSPS) is 12.6. The molecule has 154 valence electrons. The van der Waals surface area contributed by atoms with Crippen LogP contribution in [0.3, 0.4) is 0 Å². The van der Waals surface area contributed by atoms with Gasteiger partial charge in [0, 0.05) is 11.9 Å². The maximum absolute atomic E-state index is 13.6. The maximum atomic E-state index is 13.6. The molecule has 2 aromatic rings. The van der Waals surface area contributed by atoms with E-state index in [0.717, 1.165) is 16.8 Å². The van der Waals surface area contributed by atoms with E-state index in [1.54, 1.807) is 32.2 Å². The summed E-state index contributed by atoms with van der Waals surface area (Å²) in [6.45, 7) is 5.97. The molecule has 1 aromatic heterocycles. The lowest BCUT2D eigenvalue weighted by molar-refractivity contribution is 0.211. The van der Waals surface area contributed by atoms with Gasteiger partial charge in [-0.2, -0.15) is 0 Å². The van der Waals surface area contributed by atoms with Gasteiger partial charge >= 0.3 is 7.60 Å². The van der Waals surface area contributed by atoms with E-state index in [4.69, 9.17) is 18.5 Å². The first kappa shape index (κ1) is 22.2. The first-order chi connectivity index (χ1) is 13.4. The zero-order valence-corrected chi connectivity index (χ0v) is 17.9. The highest BCUT2D eigenvalue weighted by Gasteiger charge is 2.37. The van der Waals surface area contributed by atoms with Crippen molar-refractivity contribution in [3.8, 4) is 17.2 Å². The van der Waals surface area contributed by atoms with Crippen LogP contribution in [0.15, 0.2) is 30.5 Å². The van der Waals surface area contributed by atoms with Crippen LogP contribution in [0, 0.1) is 6.92 Å². The molecule has 0 fully saturated rings. The SMILES string of the molecule is CCOP(=O)(OCC)C(Cc1cc(OC)c(O)c(OC)c1)c1ccc(C)nc1. The van der Waals surface area contributed by atoms with Gasteiger partial charge in [0.05, 0.1) is 33.1 Å². The summed E-state index contributed by atoms with van der Waals surface area (Å²) in [5, 5.41) is 10.2. The van der Waals surface area contributed by atoms with Gasteiger partial charge in [0.25, 0.3) is 0 Å². The number of benzene rings is 1. The number of nitrogens with zero attached hydrogens (tertiary/aromatic N) is 1. The molecule has 7 nitrogen and oxygen atoms in total. The molecular formula is C20H28NO6P. The molecule has 1 aromatic carbocycles. The Balaban J connectivity index is 2.53. The van der Waals surface area contributed by atoms with Crippen LogP contribution in [0.5, 0.6) is 17.2 Å². The Hall–Kier alpha value is -2.08. The summed E-state index contributed by atoms with van der Waals surface area (Å²) >= 11 is 0. The average Bonchev–Trinajstić information content (AvgIpc) is 2.68. The van der Waals surface area contributed by atoms with Gasteiger partial charge in [-0.3, -0.25) is 9.55 Å². The minimum Gasteiger partial charge on any atom is -0.502 e. The van der Waals surface area contributed by atoms with Crippen molar-refractivity contribution in [2.24, 2.45) is 0 Å². The van der Waals surface area contributed by atoms with E-state index in [1.165, 1.54) is 14.2 Å². The molecule has 28 heavy (non-hydrogen) atoms. The second-order valence-corrected chi connectivity index (χ2v) is 8.40. The fourth-order valence-corrected chi connectivity index (χ4v) is 5.06. The molecule has 0 aliphatic carbocycles. The van der Waals surface area contributed by atoms with Crippen molar-refractivity contribution in [2.45, 2.75) is 32.9 Å². The number of aromatic nitrogens is 1. The largest absolute Gasteiger partial charge is 0.502 e. The predicted octanol–water partition coefficient (Wildman–Crippen LogP) is 4.66. The Morgan fingerprint density at radius 3 is 2.07 bits per heavy atom. The molecule has 0 spiro atoms. The standard InChI is InChI=1S/C20H28NO6P/c1-6-26-28(23,27-7-2)19(16-9-8-14(3)21-13-16)12-15-10-17(24-4)20(22)18(11-15)25-5/h8-11,13,19,22H,6-7,12H2,1-5H3. The molecule has 1 atom stereocenters. The lowest BCUT2D eigenvalue weighted by Gasteiger charge is -2.27. The van der Waals surface area contributed by atoms with Crippen molar-refractivity contribution in [3.63, 3.8) is 0 Å². The molecule has 0 aliphatic rings. The van der Waals surface area contributed by atoms with Crippen molar-refractivity contribution >= 4 is 7.60 Å². The van der Waals surface area contributed by atoms with E-state index in [-0.39, 0.29) is 30.5 Å². The number of phenolic OH excluding ortho intramolecular Hbond substituents is 1. The zero-order chi connectivity index (χ0) is 20.7.